The topological polar surface area (TPSA) is 60.4 Å². The lowest BCUT2D eigenvalue weighted by molar-refractivity contribution is -0.384. The van der Waals surface area contributed by atoms with E-state index in [2.05, 4.69) is 55.8 Å². The van der Waals surface area contributed by atoms with Crippen LogP contribution in [0.1, 0.15) is 50.7 Å². The molecule has 0 spiro atoms. The zero-order valence-electron chi connectivity index (χ0n) is 18.8. The van der Waals surface area contributed by atoms with Gasteiger partial charge < -0.3 is 4.57 Å². The first kappa shape index (κ1) is 22.9. The van der Waals surface area contributed by atoms with E-state index in [0.717, 1.165) is 34.7 Å². The van der Waals surface area contributed by atoms with Crippen molar-refractivity contribution in [1.29, 1.82) is 0 Å². The number of thiazole rings is 1. The van der Waals surface area contributed by atoms with Gasteiger partial charge in [0.05, 0.1) is 16.3 Å². The van der Waals surface area contributed by atoms with Gasteiger partial charge in [-0.3, -0.25) is 10.1 Å². The van der Waals surface area contributed by atoms with Crippen molar-refractivity contribution < 1.29 is 4.92 Å². The van der Waals surface area contributed by atoms with Crippen LogP contribution in [-0.4, -0.2) is 9.49 Å². The number of nitrogens with zero attached hydrogens (tertiary/aromatic N) is 3. The number of rotatable bonds is 9. The molecule has 0 saturated carbocycles. The number of nitro groups is 1. The molecule has 1 atom stereocenters. The van der Waals surface area contributed by atoms with Crippen LogP contribution in [-0.2, 0) is 6.54 Å². The summed E-state index contributed by atoms with van der Waals surface area (Å²) in [6.07, 6.45) is 4.73. The maximum absolute atomic E-state index is 11.0. The fourth-order valence-corrected chi connectivity index (χ4v) is 4.60. The van der Waals surface area contributed by atoms with Crippen molar-refractivity contribution in [2.45, 2.75) is 59.9 Å². The van der Waals surface area contributed by atoms with Gasteiger partial charge in [0.25, 0.3) is 5.69 Å². The van der Waals surface area contributed by atoms with E-state index in [4.69, 9.17) is 4.99 Å². The Hall–Kier alpha value is -2.73. The fraction of sp³-hybridized carbons (Fsp3) is 0.400. The highest BCUT2D eigenvalue weighted by Gasteiger charge is 2.15. The van der Waals surface area contributed by atoms with Crippen LogP contribution in [0, 0.1) is 29.9 Å². The molecule has 1 aromatic heterocycles. The SMILES string of the molecule is CCCCC(CC)Cn1c(-c2ccc([N+](=O)[O-])cc2)csc1=Nc1ccc(C)c(C)c1. The Morgan fingerprint density at radius 1 is 1.10 bits per heavy atom. The van der Waals surface area contributed by atoms with Crippen LogP contribution in [0.2, 0.25) is 0 Å². The monoisotopic (exact) mass is 437 g/mol. The van der Waals surface area contributed by atoms with E-state index in [9.17, 15) is 10.1 Å². The molecule has 0 saturated heterocycles. The number of hydrogen-bond acceptors (Lipinski definition) is 4. The molecule has 0 bridgehead atoms. The summed E-state index contributed by atoms with van der Waals surface area (Å²) in [5.74, 6) is 0.574. The molecule has 0 amide bonds. The van der Waals surface area contributed by atoms with Gasteiger partial charge in [-0.15, -0.1) is 11.3 Å². The molecule has 31 heavy (non-hydrogen) atoms. The lowest BCUT2D eigenvalue weighted by atomic mass is 9.99. The minimum atomic E-state index is -0.357. The van der Waals surface area contributed by atoms with Crippen molar-refractivity contribution in [2.75, 3.05) is 0 Å². The third-order valence-electron chi connectivity index (χ3n) is 5.87. The van der Waals surface area contributed by atoms with Gasteiger partial charge in [0.1, 0.15) is 0 Å². The van der Waals surface area contributed by atoms with Crippen molar-refractivity contribution in [3.8, 4) is 11.3 Å². The zero-order valence-corrected chi connectivity index (χ0v) is 19.6. The van der Waals surface area contributed by atoms with Crippen molar-refractivity contribution in [1.82, 2.24) is 4.57 Å². The van der Waals surface area contributed by atoms with Crippen molar-refractivity contribution in [3.05, 3.63) is 73.9 Å². The molecule has 1 unspecified atom stereocenters. The number of benzene rings is 2. The maximum Gasteiger partial charge on any atom is 0.269 e. The third kappa shape index (κ3) is 5.70. The standard InChI is InChI=1S/C25H31N3O2S/c1-5-7-8-20(6-2)16-27-24(21-10-13-23(14-11-21)28(29)30)17-31-25(27)26-22-12-9-18(3)19(4)15-22/h9-15,17,20H,5-8,16H2,1-4H3. The van der Waals surface area contributed by atoms with E-state index in [1.807, 2.05) is 12.1 Å². The second-order valence-electron chi connectivity index (χ2n) is 8.11. The molecular formula is C25H31N3O2S. The lowest BCUT2D eigenvalue weighted by Gasteiger charge is -2.18. The second-order valence-corrected chi connectivity index (χ2v) is 8.95. The third-order valence-corrected chi connectivity index (χ3v) is 6.73. The first-order chi connectivity index (χ1) is 14.9. The number of aromatic nitrogens is 1. The van der Waals surface area contributed by atoms with Crippen molar-refractivity contribution >= 4 is 22.7 Å². The van der Waals surface area contributed by atoms with Gasteiger partial charge in [-0.2, -0.15) is 0 Å². The average molecular weight is 438 g/mol. The van der Waals surface area contributed by atoms with Gasteiger partial charge in [-0.1, -0.05) is 39.2 Å². The number of aryl methyl sites for hydroxylation is 2. The Balaban J connectivity index is 2.07. The summed E-state index contributed by atoms with van der Waals surface area (Å²) in [5, 5.41) is 13.2. The smallest absolute Gasteiger partial charge is 0.269 e. The molecule has 5 nitrogen and oxygen atoms in total. The minimum absolute atomic E-state index is 0.111. The van der Waals surface area contributed by atoms with Crippen LogP contribution >= 0.6 is 11.3 Å². The van der Waals surface area contributed by atoms with Gasteiger partial charge in [-0.05, 0) is 67.1 Å². The highest BCUT2D eigenvalue weighted by Crippen LogP contribution is 2.26. The van der Waals surface area contributed by atoms with Gasteiger partial charge >= 0.3 is 0 Å². The number of hydrogen-bond donors (Lipinski definition) is 0. The van der Waals surface area contributed by atoms with Crippen molar-refractivity contribution in [2.24, 2.45) is 10.9 Å². The Morgan fingerprint density at radius 2 is 1.84 bits per heavy atom. The second kappa shape index (κ2) is 10.5. The van der Waals surface area contributed by atoms with Crippen LogP contribution in [0.4, 0.5) is 11.4 Å². The fourth-order valence-electron chi connectivity index (χ4n) is 3.66. The lowest BCUT2D eigenvalue weighted by Crippen LogP contribution is -2.21. The summed E-state index contributed by atoms with van der Waals surface area (Å²) >= 11 is 1.63. The summed E-state index contributed by atoms with van der Waals surface area (Å²) in [4.78, 5) is 16.6. The summed E-state index contributed by atoms with van der Waals surface area (Å²) in [7, 11) is 0. The van der Waals surface area contributed by atoms with E-state index in [1.165, 1.54) is 30.4 Å². The number of nitro benzene ring substituents is 1. The zero-order chi connectivity index (χ0) is 22.4. The van der Waals surface area contributed by atoms with Crippen LogP contribution in [0.25, 0.3) is 11.3 Å². The first-order valence-corrected chi connectivity index (χ1v) is 11.9. The van der Waals surface area contributed by atoms with Gasteiger partial charge in [-0.25, -0.2) is 4.99 Å². The van der Waals surface area contributed by atoms with Gasteiger partial charge in [0.2, 0.25) is 0 Å². The highest BCUT2D eigenvalue weighted by molar-refractivity contribution is 7.07. The molecule has 0 aliphatic carbocycles. The molecule has 1 heterocycles. The van der Waals surface area contributed by atoms with Gasteiger partial charge in [0, 0.05) is 24.1 Å². The molecule has 3 rings (SSSR count). The molecule has 0 N–H and O–H groups in total. The van der Waals surface area contributed by atoms with E-state index >= 15 is 0 Å². The Bertz CT molecular complexity index is 1100. The van der Waals surface area contributed by atoms with Crippen molar-refractivity contribution in [3.63, 3.8) is 0 Å². The molecule has 0 radical (unpaired) electrons. The molecule has 6 heteroatoms. The average Bonchev–Trinajstić information content (AvgIpc) is 3.15. The molecule has 2 aromatic carbocycles. The predicted octanol–water partition coefficient (Wildman–Crippen LogP) is 7.19. The maximum atomic E-state index is 11.0. The number of non-ortho nitro benzene ring substituents is 1. The molecule has 0 aliphatic rings. The summed E-state index contributed by atoms with van der Waals surface area (Å²) in [5.41, 5.74) is 5.60. The summed E-state index contributed by atoms with van der Waals surface area (Å²) < 4.78 is 2.30. The largest absolute Gasteiger partial charge is 0.316 e. The Morgan fingerprint density at radius 3 is 2.45 bits per heavy atom. The normalized spacial score (nSPS) is 12.8. The summed E-state index contributed by atoms with van der Waals surface area (Å²) in [6.45, 7) is 9.59. The Kier molecular flexibility index (Phi) is 7.80. The molecular weight excluding hydrogens is 406 g/mol. The van der Waals surface area contributed by atoms with E-state index in [1.54, 1.807) is 23.5 Å². The molecule has 3 aromatic rings. The van der Waals surface area contributed by atoms with Crippen LogP contribution < -0.4 is 4.80 Å². The predicted molar refractivity (Wildman–Crippen MR) is 129 cm³/mol. The first-order valence-electron chi connectivity index (χ1n) is 11.0. The molecule has 164 valence electrons. The van der Waals surface area contributed by atoms with E-state index in [0.29, 0.717) is 5.92 Å². The highest BCUT2D eigenvalue weighted by atomic mass is 32.1. The van der Waals surface area contributed by atoms with E-state index in [-0.39, 0.29) is 10.6 Å². The minimum Gasteiger partial charge on any atom is -0.316 e. The van der Waals surface area contributed by atoms with Gasteiger partial charge in [0.15, 0.2) is 4.80 Å². The quantitative estimate of drug-likeness (QED) is 0.263. The van der Waals surface area contributed by atoms with Crippen LogP contribution in [0.15, 0.2) is 52.8 Å². The molecule has 0 fully saturated rings. The number of unbranched alkanes of at least 4 members (excludes halogenated alkanes) is 1. The van der Waals surface area contributed by atoms with Crippen LogP contribution in [0.3, 0.4) is 0 Å². The van der Waals surface area contributed by atoms with Crippen LogP contribution in [0.5, 0.6) is 0 Å². The van der Waals surface area contributed by atoms with E-state index < -0.39 is 0 Å². The Labute approximate surface area is 188 Å². The molecule has 0 aliphatic heterocycles. The summed E-state index contributed by atoms with van der Waals surface area (Å²) in [6, 6.07) is 13.1.